The number of carbonyl (C=O) groups excluding carboxylic acids is 1. The maximum Gasteiger partial charge on any atom is 0.257 e. The van der Waals surface area contributed by atoms with Crippen LogP contribution in [0.4, 0.5) is 5.69 Å². The molecule has 2 aromatic rings. The Morgan fingerprint density at radius 1 is 1.17 bits per heavy atom. The second-order valence-electron chi connectivity index (χ2n) is 4.29. The number of benzene rings is 1. The predicted molar refractivity (Wildman–Crippen MR) is 69.1 cm³/mol. The van der Waals surface area contributed by atoms with E-state index in [0.29, 0.717) is 5.56 Å². The first-order valence-electron chi connectivity index (χ1n) is 5.80. The Labute approximate surface area is 105 Å². The summed E-state index contributed by atoms with van der Waals surface area (Å²) >= 11 is 0. The molecule has 1 aromatic carbocycles. The summed E-state index contributed by atoms with van der Waals surface area (Å²) < 4.78 is 0. The van der Waals surface area contributed by atoms with E-state index in [1.807, 2.05) is 36.4 Å². The second-order valence-corrected chi connectivity index (χ2v) is 4.29. The van der Waals surface area contributed by atoms with Gasteiger partial charge in [0.2, 0.25) is 0 Å². The molecule has 0 aliphatic carbocycles. The minimum Gasteiger partial charge on any atom is -0.361 e. The van der Waals surface area contributed by atoms with Gasteiger partial charge in [0.25, 0.3) is 5.91 Å². The van der Waals surface area contributed by atoms with Crippen LogP contribution in [-0.4, -0.2) is 22.8 Å². The van der Waals surface area contributed by atoms with E-state index in [0.717, 1.165) is 11.3 Å². The lowest BCUT2D eigenvalue weighted by Crippen LogP contribution is -2.40. The van der Waals surface area contributed by atoms with Crippen molar-refractivity contribution in [3.8, 4) is 0 Å². The van der Waals surface area contributed by atoms with E-state index in [1.165, 1.54) is 0 Å². The van der Waals surface area contributed by atoms with Gasteiger partial charge in [0.15, 0.2) is 0 Å². The molecule has 1 unspecified atom stereocenters. The Kier molecular flexibility index (Phi) is 2.48. The van der Waals surface area contributed by atoms with Gasteiger partial charge in [0, 0.05) is 25.1 Å². The highest BCUT2D eigenvalue weighted by atomic mass is 16.2. The van der Waals surface area contributed by atoms with Gasteiger partial charge in [0.05, 0.1) is 5.56 Å². The predicted octanol–water partition coefficient (Wildman–Crippen LogP) is 2.28. The molecule has 1 N–H and O–H groups in total. The van der Waals surface area contributed by atoms with E-state index in [1.54, 1.807) is 24.3 Å². The van der Waals surface area contributed by atoms with Crippen LogP contribution in [0.15, 0.2) is 48.8 Å². The number of hydrogen-bond acceptors (Lipinski definition) is 3. The maximum absolute atomic E-state index is 12.3. The van der Waals surface area contributed by atoms with E-state index in [2.05, 4.69) is 10.3 Å². The first kappa shape index (κ1) is 10.8. The molecule has 4 nitrogen and oxygen atoms in total. The average Bonchev–Trinajstić information content (AvgIpc) is 2.44. The van der Waals surface area contributed by atoms with Crippen molar-refractivity contribution >= 4 is 11.6 Å². The Morgan fingerprint density at radius 2 is 1.89 bits per heavy atom. The molecule has 0 spiro atoms. The molecule has 1 aromatic heterocycles. The van der Waals surface area contributed by atoms with E-state index < -0.39 is 0 Å². The average molecular weight is 239 g/mol. The molecule has 1 aliphatic rings. The molecule has 2 heterocycles. The van der Waals surface area contributed by atoms with Gasteiger partial charge in [-0.2, -0.15) is 0 Å². The first-order chi connectivity index (χ1) is 8.77. The summed E-state index contributed by atoms with van der Waals surface area (Å²) in [6.45, 7) is 0. The van der Waals surface area contributed by atoms with Crippen LogP contribution in [-0.2, 0) is 0 Å². The minimum absolute atomic E-state index is 0.0335. The molecule has 1 aliphatic heterocycles. The highest BCUT2D eigenvalue weighted by Crippen LogP contribution is 2.31. The normalized spacial score (nSPS) is 18.2. The van der Waals surface area contributed by atoms with E-state index in [9.17, 15) is 4.79 Å². The summed E-state index contributed by atoms with van der Waals surface area (Å²) in [5.41, 5.74) is 2.61. The zero-order valence-electron chi connectivity index (χ0n) is 10.00. The van der Waals surface area contributed by atoms with Gasteiger partial charge in [-0.25, -0.2) is 0 Å². The molecular weight excluding hydrogens is 226 g/mol. The van der Waals surface area contributed by atoms with Crippen LogP contribution in [0.25, 0.3) is 0 Å². The molecule has 0 saturated heterocycles. The summed E-state index contributed by atoms with van der Waals surface area (Å²) in [6.07, 6.45) is 3.32. The topological polar surface area (TPSA) is 45.2 Å². The van der Waals surface area contributed by atoms with Crippen LogP contribution in [0.3, 0.4) is 0 Å². The molecule has 3 rings (SSSR count). The van der Waals surface area contributed by atoms with Crippen molar-refractivity contribution in [3.05, 3.63) is 59.9 Å². The molecule has 0 saturated carbocycles. The molecule has 0 bridgehead atoms. The van der Waals surface area contributed by atoms with Gasteiger partial charge in [-0.15, -0.1) is 0 Å². The van der Waals surface area contributed by atoms with Crippen LogP contribution >= 0.6 is 0 Å². The summed E-state index contributed by atoms with van der Waals surface area (Å²) in [5, 5.41) is 3.37. The highest BCUT2D eigenvalue weighted by Gasteiger charge is 2.29. The zero-order valence-corrected chi connectivity index (χ0v) is 10.00. The molecule has 18 heavy (non-hydrogen) atoms. The fourth-order valence-electron chi connectivity index (χ4n) is 2.20. The number of fused-ring (bicyclic) bond motifs is 1. The molecule has 0 fully saturated rings. The van der Waals surface area contributed by atoms with Crippen LogP contribution in [0.1, 0.15) is 22.1 Å². The smallest absolute Gasteiger partial charge is 0.257 e. The third kappa shape index (κ3) is 1.62. The summed E-state index contributed by atoms with van der Waals surface area (Å²) in [4.78, 5) is 18.0. The van der Waals surface area contributed by atoms with Gasteiger partial charge in [-0.1, -0.05) is 12.1 Å². The fourth-order valence-corrected chi connectivity index (χ4v) is 2.20. The SMILES string of the molecule is CN1C(=O)c2ccccc2NC1c1ccncc1. The standard InChI is InChI=1S/C14H13N3O/c1-17-13(10-6-8-15-9-7-10)16-12-5-3-2-4-11(12)14(17)18/h2-9,13,16H,1H3. The van der Waals surface area contributed by atoms with Crippen molar-refractivity contribution in [2.75, 3.05) is 12.4 Å². The Bertz CT molecular complexity index is 583. The number of nitrogens with one attached hydrogen (secondary N) is 1. The van der Waals surface area contributed by atoms with Crippen LogP contribution in [0, 0.1) is 0 Å². The van der Waals surface area contributed by atoms with Gasteiger partial charge >= 0.3 is 0 Å². The fraction of sp³-hybridized carbons (Fsp3) is 0.143. The molecule has 0 radical (unpaired) electrons. The first-order valence-corrected chi connectivity index (χ1v) is 5.80. The number of hydrogen-bond donors (Lipinski definition) is 1. The van der Waals surface area contributed by atoms with Crippen molar-refractivity contribution in [3.63, 3.8) is 0 Å². The lowest BCUT2D eigenvalue weighted by atomic mass is 10.1. The maximum atomic E-state index is 12.3. The second kappa shape index (κ2) is 4.14. The van der Waals surface area contributed by atoms with E-state index in [4.69, 9.17) is 0 Å². The van der Waals surface area contributed by atoms with Gasteiger partial charge < -0.3 is 10.2 Å². The third-order valence-corrected chi connectivity index (χ3v) is 3.18. The molecule has 4 heteroatoms. The minimum atomic E-state index is -0.143. The number of pyridine rings is 1. The molecule has 90 valence electrons. The summed E-state index contributed by atoms with van der Waals surface area (Å²) in [5.74, 6) is 0.0335. The quantitative estimate of drug-likeness (QED) is 0.830. The van der Waals surface area contributed by atoms with Crippen molar-refractivity contribution < 1.29 is 4.79 Å². The zero-order chi connectivity index (χ0) is 12.5. The third-order valence-electron chi connectivity index (χ3n) is 3.18. The number of rotatable bonds is 1. The van der Waals surface area contributed by atoms with Crippen molar-refractivity contribution in [2.24, 2.45) is 0 Å². The number of carbonyl (C=O) groups is 1. The van der Waals surface area contributed by atoms with Crippen LogP contribution in [0.2, 0.25) is 0 Å². The van der Waals surface area contributed by atoms with E-state index >= 15 is 0 Å². The van der Waals surface area contributed by atoms with Crippen LogP contribution in [0.5, 0.6) is 0 Å². The molecule has 1 atom stereocenters. The highest BCUT2D eigenvalue weighted by molar-refractivity contribution is 6.01. The number of para-hydroxylation sites is 1. The Morgan fingerprint density at radius 3 is 2.67 bits per heavy atom. The van der Waals surface area contributed by atoms with Gasteiger partial charge in [-0.3, -0.25) is 9.78 Å². The van der Waals surface area contributed by atoms with Crippen LogP contribution < -0.4 is 5.32 Å². The summed E-state index contributed by atoms with van der Waals surface area (Å²) in [7, 11) is 1.80. The Balaban J connectivity index is 2.04. The monoisotopic (exact) mass is 239 g/mol. The number of aromatic nitrogens is 1. The van der Waals surface area contributed by atoms with Gasteiger partial charge in [-0.05, 0) is 29.8 Å². The van der Waals surface area contributed by atoms with Crippen molar-refractivity contribution in [2.45, 2.75) is 6.17 Å². The van der Waals surface area contributed by atoms with Gasteiger partial charge in [0.1, 0.15) is 6.17 Å². The number of anilines is 1. The lowest BCUT2D eigenvalue weighted by molar-refractivity contribution is 0.0735. The summed E-state index contributed by atoms with van der Waals surface area (Å²) in [6, 6.07) is 11.4. The molecular formula is C14H13N3O. The lowest BCUT2D eigenvalue weighted by Gasteiger charge is -2.35. The number of amides is 1. The molecule has 1 amide bonds. The largest absolute Gasteiger partial charge is 0.361 e. The Hall–Kier alpha value is -2.36. The van der Waals surface area contributed by atoms with Crippen molar-refractivity contribution in [1.82, 2.24) is 9.88 Å². The van der Waals surface area contributed by atoms with Crippen molar-refractivity contribution in [1.29, 1.82) is 0 Å². The number of nitrogens with zero attached hydrogens (tertiary/aromatic N) is 2. The van der Waals surface area contributed by atoms with E-state index in [-0.39, 0.29) is 12.1 Å².